The van der Waals surface area contributed by atoms with Crippen molar-refractivity contribution in [3.05, 3.63) is 63.3 Å². The summed E-state index contributed by atoms with van der Waals surface area (Å²) in [4.78, 5) is 0. The number of aromatic amines is 1. The van der Waals surface area contributed by atoms with Gasteiger partial charge < -0.3 is 9.15 Å². The Balaban J connectivity index is 1.65. The van der Waals surface area contributed by atoms with E-state index in [4.69, 9.17) is 33.0 Å². The Morgan fingerprint density at radius 1 is 1.46 bits per heavy atom. The Morgan fingerprint density at radius 2 is 2.29 bits per heavy atom. The third-order valence-electron chi connectivity index (χ3n) is 3.07. The Hall–Kier alpha value is -2.45. The van der Waals surface area contributed by atoms with Crippen LogP contribution < -0.4 is 4.74 Å². The molecule has 2 heterocycles. The molecule has 0 fully saturated rings. The SMILES string of the molecule is Cc1n[nH]c(=S)n1/N=C\c1ccc(COc2ccc(F)c(Cl)c2)o1. The van der Waals surface area contributed by atoms with E-state index in [1.165, 1.54) is 29.1 Å². The van der Waals surface area contributed by atoms with Gasteiger partial charge in [0, 0.05) is 6.07 Å². The summed E-state index contributed by atoms with van der Waals surface area (Å²) < 4.78 is 26.0. The van der Waals surface area contributed by atoms with Crippen molar-refractivity contribution in [3.8, 4) is 5.75 Å². The quantitative estimate of drug-likeness (QED) is 0.545. The van der Waals surface area contributed by atoms with Crippen molar-refractivity contribution >= 4 is 30.0 Å². The molecule has 3 rings (SSSR count). The van der Waals surface area contributed by atoms with Gasteiger partial charge in [-0.25, -0.2) is 4.39 Å². The first-order valence-corrected chi connectivity index (χ1v) is 7.66. The number of benzene rings is 1. The number of H-pyrrole nitrogens is 1. The van der Waals surface area contributed by atoms with Gasteiger partial charge in [0.2, 0.25) is 4.77 Å². The standard InChI is InChI=1S/C15H12ClFN4O2S/c1-9-19-20-15(24)21(9)18-7-11-2-3-12(23-11)8-22-10-4-5-14(17)13(16)6-10/h2-7H,8H2,1H3,(H,20,24)/b18-7-. The van der Waals surface area contributed by atoms with Crippen molar-refractivity contribution in [2.75, 3.05) is 0 Å². The molecule has 3 aromatic rings. The summed E-state index contributed by atoms with van der Waals surface area (Å²) in [5.74, 6) is 1.72. The molecule has 0 unspecified atom stereocenters. The first-order valence-electron chi connectivity index (χ1n) is 6.88. The maximum absolute atomic E-state index is 13.1. The maximum Gasteiger partial charge on any atom is 0.216 e. The molecule has 9 heteroatoms. The molecule has 0 amide bonds. The lowest BCUT2D eigenvalue weighted by molar-refractivity contribution is 0.269. The van der Waals surface area contributed by atoms with Gasteiger partial charge in [0.15, 0.2) is 0 Å². The minimum atomic E-state index is -0.492. The minimum absolute atomic E-state index is 0.00647. The molecule has 0 bridgehead atoms. The molecule has 1 aromatic carbocycles. The van der Waals surface area contributed by atoms with Crippen LogP contribution in [0.25, 0.3) is 0 Å². The Bertz CT molecular complexity index is 947. The summed E-state index contributed by atoms with van der Waals surface area (Å²) in [5, 5.41) is 10.8. The number of hydrogen-bond donors (Lipinski definition) is 1. The fraction of sp³-hybridized carbons (Fsp3) is 0.133. The summed E-state index contributed by atoms with van der Waals surface area (Å²) >= 11 is 10.8. The lowest BCUT2D eigenvalue weighted by Crippen LogP contribution is -1.94. The van der Waals surface area contributed by atoms with Crippen LogP contribution >= 0.6 is 23.8 Å². The Labute approximate surface area is 146 Å². The second-order valence-electron chi connectivity index (χ2n) is 4.80. The molecule has 0 saturated carbocycles. The fourth-order valence-corrected chi connectivity index (χ4v) is 2.28. The maximum atomic E-state index is 13.1. The number of aromatic nitrogens is 3. The van der Waals surface area contributed by atoms with Gasteiger partial charge >= 0.3 is 0 Å². The number of aryl methyl sites for hydroxylation is 1. The largest absolute Gasteiger partial charge is 0.486 e. The smallest absolute Gasteiger partial charge is 0.216 e. The summed E-state index contributed by atoms with van der Waals surface area (Å²) in [6.07, 6.45) is 1.52. The highest BCUT2D eigenvalue weighted by Gasteiger charge is 2.05. The Kier molecular flexibility index (Phi) is 4.77. The molecule has 0 aliphatic carbocycles. The topological polar surface area (TPSA) is 68.3 Å². The molecule has 2 aromatic heterocycles. The lowest BCUT2D eigenvalue weighted by atomic mass is 10.3. The minimum Gasteiger partial charge on any atom is -0.486 e. The fourth-order valence-electron chi connectivity index (χ4n) is 1.88. The number of rotatable bonds is 5. The van der Waals surface area contributed by atoms with E-state index in [0.29, 0.717) is 27.9 Å². The van der Waals surface area contributed by atoms with Crippen molar-refractivity contribution in [2.45, 2.75) is 13.5 Å². The molecule has 0 spiro atoms. The van der Waals surface area contributed by atoms with Crippen LogP contribution in [0.1, 0.15) is 17.3 Å². The number of nitrogens with zero attached hydrogens (tertiary/aromatic N) is 3. The van der Waals surface area contributed by atoms with Crippen molar-refractivity contribution in [2.24, 2.45) is 5.10 Å². The predicted octanol–water partition coefficient (Wildman–Crippen LogP) is 4.10. The van der Waals surface area contributed by atoms with Gasteiger partial charge in [-0.05, 0) is 43.4 Å². The highest BCUT2D eigenvalue weighted by molar-refractivity contribution is 7.71. The normalized spacial score (nSPS) is 11.3. The zero-order valence-electron chi connectivity index (χ0n) is 12.5. The second-order valence-corrected chi connectivity index (χ2v) is 5.59. The second kappa shape index (κ2) is 6.98. The van der Waals surface area contributed by atoms with E-state index in [1.54, 1.807) is 19.1 Å². The third kappa shape index (κ3) is 3.72. The molecule has 0 aliphatic rings. The van der Waals surface area contributed by atoms with Crippen molar-refractivity contribution < 1.29 is 13.5 Å². The van der Waals surface area contributed by atoms with Crippen molar-refractivity contribution in [1.29, 1.82) is 0 Å². The van der Waals surface area contributed by atoms with E-state index in [9.17, 15) is 4.39 Å². The van der Waals surface area contributed by atoms with E-state index in [-0.39, 0.29) is 11.6 Å². The number of hydrogen-bond acceptors (Lipinski definition) is 5. The summed E-state index contributed by atoms with van der Waals surface area (Å²) in [7, 11) is 0. The van der Waals surface area contributed by atoms with Gasteiger partial charge in [0.05, 0.1) is 11.2 Å². The van der Waals surface area contributed by atoms with Crippen LogP contribution in [-0.4, -0.2) is 21.1 Å². The molecule has 0 saturated heterocycles. The molecule has 6 nitrogen and oxygen atoms in total. The van der Waals surface area contributed by atoms with Gasteiger partial charge in [0.25, 0.3) is 0 Å². The molecule has 124 valence electrons. The molecule has 0 radical (unpaired) electrons. The number of halogens is 2. The lowest BCUT2D eigenvalue weighted by Gasteiger charge is -2.04. The summed E-state index contributed by atoms with van der Waals surface area (Å²) in [5.41, 5.74) is 0. The van der Waals surface area contributed by atoms with Crippen LogP contribution in [0.5, 0.6) is 5.75 Å². The van der Waals surface area contributed by atoms with Crippen LogP contribution in [0.2, 0.25) is 5.02 Å². The van der Waals surface area contributed by atoms with E-state index in [2.05, 4.69) is 15.3 Å². The summed E-state index contributed by atoms with van der Waals surface area (Å²) in [6, 6.07) is 7.66. The van der Waals surface area contributed by atoms with E-state index in [0.717, 1.165) is 0 Å². The van der Waals surface area contributed by atoms with Crippen LogP contribution in [-0.2, 0) is 6.61 Å². The zero-order chi connectivity index (χ0) is 17.1. The van der Waals surface area contributed by atoms with E-state index < -0.39 is 5.82 Å². The first-order chi connectivity index (χ1) is 11.5. The van der Waals surface area contributed by atoms with Gasteiger partial charge in [-0.3, -0.25) is 5.10 Å². The molecule has 0 aliphatic heterocycles. The monoisotopic (exact) mass is 366 g/mol. The molecule has 24 heavy (non-hydrogen) atoms. The highest BCUT2D eigenvalue weighted by Crippen LogP contribution is 2.22. The molecule has 0 atom stereocenters. The molecular weight excluding hydrogens is 355 g/mol. The zero-order valence-corrected chi connectivity index (χ0v) is 14.1. The average molecular weight is 367 g/mol. The Morgan fingerprint density at radius 3 is 3.00 bits per heavy atom. The van der Waals surface area contributed by atoms with Gasteiger partial charge in [-0.1, -0.05) is 11.6 Å². The van der Waals surface area contributed by atoms with Crippen LogP contribution in [0.15, 0.2) is 39.9 Å². The van der Waals surface area contributed by atoms with Crippen molar-refractivity contribution in [1.82, 2.24) is 14.9 Å². The number of nitrogens with one attached hydrogen (secondary N) is 1. The highest BCUT2D eigenvalue weighted by atomic mass is 35.5. The molecule has 1 N–H and O–H groups in total. The first kappa shape index (κ1) is 16.4. The van der Waals surface area contributed by atoms with Gasteiger partial charge in [-0.2, -0.15) is 14.9 Å². The van der Waals surface area contributed by atoms with Crippen molar-refractivity contribution in [3.63, 3.8) is 0 Å². The average Bonchev–Trinajstić information content (AvgIpc) is 3.14. The van der Waals surface area contributed by atoms with Gasteiger partial charge in [-0.15, -0.1) is 0 Å². The van der Waals surface area contributed by atoms with Crippen LogP contribution in [0.3, 0.4) is 0 Å². The number of ether oxygens (including phenoxy) is 1. The molecular formula is C15H12ClFN4O2S. The van der Waals surface area contributed by atoms with Gasteiger partial charge in [0.1, 0.15) is 35.5 Å². The van der Waals surface area contributed by atoms with Crippen LogP contribution in [0.4, 0.5) is 4.39 Å². The number of furan rings is 1. The predicted molar refractivity (Wildman–Crippen MR) is 89.6 cm³/mol. The van der Waals surface area contributed by atoms with E-state index in [1.807, 2.05) is 0 Å². The summed E-state index contributed by atoms with van der Waals surface area (Å²) in [6.45, 7) is 1.96. The third-order valence-corrected chi connectivity index (χ3v) is 3.62. The van der Waals surface area contributed by atoms with Crippen LogP contribution in [0, 0.1) is 17.5 Å². The van der Waals surface area contributed by atoms with E-state index >= 15 is 0 Å².